The zero-order valence-corrected chi connectivity index (χ0v) is 15.3. The van der Waals surface area contributed by atoms with Crippen molar-refractivity contribution in [2.45, 2.75) is 25.3 Å². The standard InChI is InChI=1S/C18H18ClFN4O3/c1-2-18(7-8-26-16(21)24-18)13-9-12(4-5-14(13)20)23-17(25)27-15-6-3-11(19)10-22-15/h3-6,9-10H,2,7-8H2,1H3,(H2,21,24)(H,23,25)/t18-/m0/s1. The van der Waals surface area contributed by atoms with Gasteiger partial charge >= 0.3 is 6.09 Å². The van der Waals surface area contributed by atoms with Gasteiger partial charge in [-0.05, 0) is 30.7 Å². The first-order chi connectivity index (χ1) is 12.9. The molecule has 0 radical (unpaired) electrons. The number of nitrogens with one attached hydrogen (secondary N) is 1. The van der Waals surface area contributed by atoms with Crippen molar-refractivity contribution < 1.29 is 18.7 Å². The van der Waals surface area contributed by atoms with Gasteiger partial charge in [-0.15, -0.1) is 0 Å². The first kappa shape index (κ1) is 18.9. The van der Waals surface area contributed by atoms with Crippen molar-refractivity contribution >= 4 is 29.4 Å². The third kappa shape index (κ3) is 4.28. The van der Waals surface area contributed by atoms with E-state index in [1.165, 1.54) is 30.5 Å². The van der Waals surface area contributed by atoms with Gasteiger partial charge in [0.2, 0.25) is 5.88 Å². The number of hydrogen-bond donors (Lipinski definition) is 2. The topological polar surface area (TPSA) is 98.8 Å². The second-order valence-corrected chi connectivity index (χ2v) is 6.39. The second-order valence-electron chi connectivity index (χ2n) is 5.96. The van der Waals surface area contributed by atoms with Crippen LogP contribution in [0.15, 0.2) is 41.5 Å². The van der Waals surface area contributed by atoms with Gasteiger partial charge in [-0.2, -0.15) is 0 Å². The Hall–Kier alpha value is -2.87. The number of carbonyl (C=O) groups is 1. The van der Waals surface area contributed by atoms with Gasteiger partial charge in [-0.1, -0.05) is 18.5 Å². The zero-order valence-electron chi connectivity index (χ0n) is 14.5. The van der Waals surface area contributed by atoms with Crippen LogP contribution in [0, 0.1) is 5.82 Å². The summed E-state index contributed by atoms with van der Waals surface area (Å²) in [5.41, 5.74) is 5.54. The van der Waals surface area contributed by atoms with Crippen molar-refractivity contribution in [3.8, 4) is 5.88 Å². The van der Waals surface area contributed by atoms with Crippen LogP contribution in [0.3, 0.4) is 0 Å². The lowest BCUT2D eigenvalue weighted by atomic mass is 9.84. The molecule has 0 saturated heterocycles. The number of rotatable bonds is 4. The number of carbonyl (C=O) groups excluding carboxylic acids is 1. The summed E-state index contributed by atoms with van der Waals surface area (Å²) in [7, 11) is 0. The molecule has 3 rings (SSSR count). The second kappa shape index (κ2) is 7.79. The van der Waals surface area contributed by atoms with Crippen LogP contribution >= 0.6 is 11.6 Å². The number of pyridine rings is 1. The van der Waals surface area contributed by atoms with Crippen LogP contribution in [-0.2, 0) is 10.3 Å². The van der Waals surface area contributed by atoms with Crippen molar-refractivity contribution in [1.29, 1.82) is 0 Å². The molecule has 1 aliphatic rings. The van der Waals surface area contributed by atoms with Crippen molar-refractivity contribution in [1.82, 2.24) is 4.98 Å². The summed E-state index contributed by atoms with van der Waals surface area (Å²) in [4.78, 5) is 20.3. The van der Waals surface area contributed by atoms with E-state index in [1.54, 1.807) is 6.07 Å². The zero-order chi connectivity index (χ0) is 19.4. The monoisotopic (exact) mass is 392 g/mol. The fourth-order valence-electron chi connectivity index (χ4n) is 2.89. The third-order valence-corrected chi connectivity index (χ3v) is 4.51. The highest BCUT2D eigenvalue weighted by Gasteiger charge is 2.36. The summed E-state index contributed by atoms with van der Waals surface area (Å²) in [5.74, 6) is -0.348. The molecule has 27 heavy (non-hydrogen) atoms. The molecule has 9 heteroatoms. The van der Waals surface area contributed by atoms with E-state index in [1.807, 2.05) is 6.92 Å². The lowest BCUT2D eigenvalue weighted by Gasteiger charge is -2.33. The first-order valence-corrected chi connectivity index (χ1v) is 8.68. The van der Waals surface area contributed by atoms with E-state index >= 15 is 0 Å². The summed E-state index contributed by atoms with van der Waals surface area (Å²) in [6.45, 7) is 2.23. The molecule has 1 aliphatic heterocycles. The Morgan fingerprint density at radius 1 is 1.44 bits per heavy atom. The Kier molecular flexibility index (Phi) is 5.46. The highest BCUT2D eigenvalue weighted by Crippen LogP contribution is 2.38. The fraction of sp³-hybridized carbons (Fsp3) is 0.278. The molecule has 1 amide bonds. The number of ether oxygens (including phenoxy) is 2. The summed E-state index contributed by atoms with van der Waals surface area (Å²) in [5, 5.41) is 2.98. The third-order valence-electron chi connectivity index (χ3n) is 4.29. The molecule has 2 heterocycles. The average Bonchev–Trinajstić information content (AvgIpc) is 2.65. The molecule has 0 spiro atoms. The summed E-state index contributed by atoms with van der Waals surface area (Å²) in [6, 6.07) is 7.26. The molecule has 0 saturated carbocycles. The van der Waals surface area contributed by atoms with Gasteiger partial charge in [-0.25, -0.2) is 19.2 Å². The predicted octanol–water partition coefficient (Wildman–Crippen LogP) is 3.83. The molecule has 0 fully saturated rings. The summed E-state index contributed by atoms with van der Waals surface area (Å²) in [6.07, 6.45) is 1.60. The minimum Gasteiger partial charge on any atom is -0.465 e. The van der Waals surface area contributed by atoms with Crippen LogP contribution in [0.5, 0.6) is 5.88 Å². The number of anilines is 1. The van der Waals surface area contributed by atoms with E-state index < -0.39 is 17.4 Å². The van der Waals surface area contributed by atoms with E-state index in [0.717, 1.165) is 0 Å². The Balaban J connectivity index is 1.81. The highest BCUT2D eigenvalue weighted by atomic mass is 35.5. The largest absolute Gasteiger partial charge is 0.465 e. The summed E-state index contributed by atoms with van der Waals surface area (Å²) >= 11 is 5.74. The molecule has 142 valence electrons. The highest BCUT2D eigenvalue weighted by molar-refractivity contribution is 6.30. The summed E-state index contributed by atoms with van der Waals surface area (Å²) < 4.78 is 24.8. The lowest BCUT2D eigenvalue weighted by molar-refractivity contribution is 0.201. The molecule has 0 unspecified atom stereocenters. The quantitative estimate of drug-likeness (QED) is 0.823. The van der Waals surface area contributed by atoms with Crippen molar-refractivity contribution in [3.05, 3.63) is 52.9 Å². The van der Waals surface area contributed by atoms with Gasteiger partial charge in [-0.3, -0.25) is 5.32 Å². The molecule has 1 aromatic carbocycles. The smallest absolute Gasteiger partial charge is 0.418 e. The Morgan fingerprint density at radius 2 is 2.26 bits per heavy atom. The molecular formula is C18H18ClFN4O3. The number of aromatic nitrogens is 1. The number of amides is 1. The Labute approximate surface area is 160 Å². The average molecular weight is 393 g/mol. The van der Waals surface area contributed by atoms with Gasteiger partial charge in [0.25, 0.3) is 6.02 Å². The van der Waals surface area contributed by atoms with Crippen molar-refractivity contribution in [2.75, 3.05) is 11.9 Å². The SMILES string of the molecule is CC[C@@]1(c2cc(NC(=O)Oc3ccc(Cl)cn3)ccc2F)CCOC(N)=N1. The van der Waals surface area contributed by atoms with Crippen LogP contribution < -0.4 is 15.8 Å². The van der Waals surface area contributed by atoms with Crippen LogP contribution in [0.2, 0.25) is 5.02 Å². The van der Waals surface area contributed by atoms with Gasteiger partial charge in [0.05, 0.1) is 17.2 Å². The number of nitrogens with two attached hydrogens (primary N) is 1. The fourth-order valence-corrected chi connectivity index (χ4v) is 3.00. The van der Waals surface area contributed by atoms with Gasteiger partial charge in [0.15, 0.2) is 0 Å². The lowest BCUT2D eigenvalue weighted by Crippen LogP contribution is -2.36. The first-order valence-electron chi connectivity index (χ1n) is 8.30. The van der Waals surface area contributed by atoms with Crippen molar-refractivity contribution in [2.24, 2.45) is 10.7 Å². The normalized spacial score (nSPS) is 19.0. The Bertz CT molecular complexity index is 875. The van der Waals surface area contributed by atoms with E-state index in [4.69, 9.17) is 26.8 Å². The number of benzene rings is 1. The minimum atomic E-state index is -0.842. The molecule has 0 bridgehead atoms. The molecule has 2 aromatic rings. The predicted molar refractivity (Wildman–Crippen MR) is 99.5 cm³/mol. The number of hydrogen-bond acceptors (Lipinski definition) is 6. The van der Waals surface area contributed by atoms with Gasteiger partial charge in [0, 0.05) is 29.9 Å². The van der Waals surface area contributed by atoms with E-state index in [-0.39, 0.29) is 11.9 Å². The number of nitrogens with zero attached hydrogens (tertiary/aromatic N) is 2. The van der Waals surface area contributed by atoms with E-state index in [2.05, 4.69) is 15.3 Å². The number of halogens is 2. The molecule has 1 atom stereocenters. The van der Waals surface area contributed by atoms with E-state index in [0.29, 0.717) is 35.7 Å². The van der Waals surface area contributed by atoms with Crippen LogP contribution in [0.25, 0.3) is 0 Å². The Morgan fingerprint density at radius 3 is 2.93 bits per heavy atom. The van der Waals surface area contributed by atoms with Gasteiger partial charge < -0.3 is 15.2 Å². The maximum atomic E-state index is 14.5. The van der Waals surface area contributed by atoms with Crippen LogP contribution in [-0.4, -0.2) is 23.7 Å². The van der Waals surface area contributed by atoms with Gasteiger partial charge in [0.1, 0.15) is 5.82 Å². The maximum absolute atomic E-state index is 14.5. The molecule has 0 aliphatic carbocycles. The van der Waals surface area contributed by atoms with Crippen LogP contribution in [0.4, 0.5) is 14.9 Å². The molecule has 7 nitrogen and oxygen atoms in total. The molecular weight excluding hydrogens is 375 g/mol. The maximum Gasteiger partial charge on any atom is 0.418 e. The van der Waals surface area contributed by atoms with Crippen molar-refractivity contribution in [3.63, 3.8) is 0 Å². The number of aliphatic imine (C=N–C) groups is 1. The van der Waals surface area contributed by atoms with Crippen LogP contribution in [0.1, 0.15) is 25.3 Å². The van der Waals surface area contributed by atoms with E-state index in [9.17, 15) is 9.18 Å². The molecule has 1 aromatic heterocycles. The molecule has 3 N–H and O–H groups in total. The number of amidine groups is 1. The minimum absolute atomic E-state index is 0.0223.